The first-order valence-electron chi connectivity index (χ1n) is 6.41. The van der Waals surface area contributed by atoms with E-state index in [0.717, 1.165) is 18.7 Å². The fourth-order valence-electron chi connectivity index (χ4n) is 2.25. The van der Waals surface area contributed by atoms with E-state index in [1.807, 2.05) is 6.07 Å². The van der Waals surface area contributed by atoms with Gasteiger partial charge in [-0.05, 0) is 50.3 Å². The summed E-state index contributed by atoms with van der Waals surface area (Å²) in [5.74, 6) is 0. The molecule has 1 aliphatic rings. The normalized spacial score (nSPS) is 14.8. The van der Waals surface area contributed by atoms with Crippen LogP contribution in [0.5, 0.6) is 0 Å². The van der Waals surface area contributed by atoms with Crippen LogP contribution in [0.3, 0.4) is 0 Å². The number of allylic oxidation sites excluding steroid dienone is 1. The third-order valence-corrected chi connectivity index (χ3v) is 3.48. The highest BCUT2D eigenvalue weighted by molar-refractivity contribution is 6.30. The summed E-state index contributed by atoms with van der Waals surface area (Å²) in [5, 5.41) is 13.0. The van der Waals surface area contributed by atoms with Crippen molar-refractivity contribution >= 4 is 17.3 Å². The Hall–Kier alpha value is -1.46. The van der Waals surface area contributed by atoms with Gasteiger partial charge in [0.15, 0.2) is 0 Å². The number of halogens is 1. The van der Waals surface area contributed by atoms with Gasteiger partial charge < -0.3 is 5.32 Å². The lowest BCUT2D eigenvalue weighted by molar-refractivity contribution is 0.679. The van der Waals surface area contributed by atoms with Crippen LogP contribution in [0.2, 0.25) is 5.02 Å². The minimum absolute atomic E-state index is 0.650. The Morgan fingerprint density at radius 2 is 2.22 bits per heavy atom. The number of hydrogen-bond acceptors (Lipinski definition) is 2. The molecule has 0 fully saturated rings. The summed E-state index contributed by atoms with van der Waals surface area (Å²) in [6, 6.07) is 7.49. The van der Waals surface area contributed by atoms with Gasteiger partial charge in [-0.2, -0.15) is 5.26 Å². The van der Waals surface area contributed by atoms with Gasteiger partial charge in [0, 0.05) is 11.6 Å². The molecule has 0 unspecified atom stereocenters. The summed E-state index contributed by atoms with van der Waals surface area (Å²) in [7, 11) is 0. The fraction of sp³-hybridized carbons (Fsp3) is 0.400. The zero-order chi connectivity index (χ0) is 12.8. The van der Waals surface area contributed by atoms with Crippen molar-refractivity contribution in [2.75, 3.05) is 11.9 Å². The van der Waals surface area contributed by atoms with E-state index >= 15 is 0 Å². The quantitative estimate of drug-likeness (QED) is 0.809. The smallest absolute Gasteiger partial charge is 0.101 e. The average Bonchev–Trinajstić information content (AvgIpc) is 2.40. The Kier molecular flexibility index (Phi) is 4.66. The maximum Gasteiger partial charge on any atom is 0.101 e. The molecule has 2 nitrogen and oxygen atoms in total. The third-order valence-electron chi connectivity index (χ3n) is 3.25. The van der Waals surface area contributed by atoms with Gasteiger partial charge in [-0.25, -0.2) is 0 Å². The van der Waals surface area contributed by atoms with E-state index in [-0.39, 0.29) is 0 Å². The number of hydrogen-bond donors (Lipinski definition) is 1. The van der Waals surface area contributed by atoms with E-state index in [2.05, 4.69) is 17.5 Å². The number of rotatable bonds is 4. The van der Waals surface area contributed by atoms with Gasteiger partial charge in [-0.15, -0.1) is 0 Å². The van der Waals surface area contributed by atoms with Gasteiger partial charge in [0.1, 0.15) is 6.07 Å². The molecule has 0 saturated heterocycles. The van der Waals surface area contributed by atoms with E-state index in [0.29, 0.717) is 10.6 Å². The molecule has 94 valence electrons. The third kappa shape index (κ3) is 3.51. The first-order valence-corrected chi connectivity index (χ1v) is 6.79. The lowest BCUT2D eigenvalue weighted by atomic mass is 9.97. The molecule has 0 aliphatic heterocycles. The van der Waals surface area contributed by atoms with Gasteiger partial charge >= 0.3 is 0 Å². The Morgan fingerprint density at radius 1 is 1.33 bits per heavy atom. The molecule has 3 heteroatoms. The van der Waals surface area contributed by atoms with Crippen molar-refractivity contribution in [3.8, 4) is 6.07 Å². The second-order valence-electron chi connectivity index (χ2n) is 4.59. The molecule has 0 aromatic heterocycles. The average molecular weight is 261 g/mol. The first-order chi connectivity index (χ1) is 8.79. The van der Waals surface area contributed by atoms with E-state index in [4.69, 9.17) is 16.9 Å². The molecule has 1 aromatic rings. The fourth-order valence-corrected chi connectivity index (χ4v) is 2.42. The van der Waals surface area contributed by atoms with Gasteiger partial charge in [0.2, 0.25) is 0 Å². The maximum absolute atomic E-state index is 9.01. The van der Waals surface area contributed by atoms with Crippen LogP contribution < -0.4 is 5.32 Å². The number of benzene rings is 1. The molecule has 1 aromatic carbocycles. The van der Waals surface area contributed by atoms with Crippen LogP contribution in [0.4, 0.5) is 5.69 Å². The molecular weight excluding hydrogens is 244 g/mol. The second kappa shape index (κ2) is 6.47. The second-order valence-corrected chi connectivity index (χ2v) is 5.02. The molecular formula is C15H17ClN2. The van der Waals surface area contributed by atoms with Crippen LogP contribution in [0.25, 0.3) is 0 Å². The highest BCUT2D eigenvalue weighted by Gasteiger charge is 2.05. The number of nitrogens with zero attached hydrogens (tertiary/aromatic N) is 1. The van der Waals surface area contributed by atoms with Crippen molar-refractivity contribution in [3.63, 3.8) is 0 Å². The predicted molar refractivity (Wildman–Crippen MR) is 75.8 cm³/mol. The summed E-state index contributed by atoms with van der Waals surface area (Å²) in [6.45, 7) is 0.862. The summed E-state index contributed by atoms with van der Waals surface area (Å²) >= 11 is 5.94. The minimum Gasteiger partial charge on any atom is -0.384 e. The van der Waals surface area contributed by atoms with Crippen molar-refractivity contribution in [3.05, 3.63) is 40.4 Å². The van der Waals surface area contributed by atoms with Gasteiger partial charge in [0.25, 0.3) is 0 Å². The molecule has 0 heterocycles. The van der Waals surface area contributed by atoms with Crippen molar-refractivity contribution in [1.29, 1.82) is 5.26 Å². The monoisotopic (exact) mass is 260 g/mol. The zero-order valence-electron chi connectivity index (χ0n) is 10.4. The lowest BCUT2D eigenvalue weighted by Crippen LogP contribution is -2.05. The van der Waals surface area contributed by atoms with E-state index in [1.54, 1.807) is 12.1 Å². The zero-order valence-corrected chi connectivity index (χ0v) is 11.1. The van der Waals surface area contributed by atoms with Crippen LogP contribution in [-0.2, 0) is 0 Å². The van der Waals surface area contributed by atoms with Crippen molar-refractivity contribution in [1.82, 2.24) is 0 Å². The molecule has 2 rings (SSSR count). The standard InChI is InChI=1S/C15H17ClN2/c16-14-7-6-13(11-17)15(10-14)18-9-8-12-4-2-1-3-5-12/h4,6-7,10,18H,1-3,5,8-9H2. The van der Waals surface area contributed by atoms with Gasteiger partial charge in [-0.3, -0.25) is 0 Å². The summed E-state index contributed by atoms with van der Waals surface area (Å²) in [4.78, 5) is 0. The Balaban J connectivity index is 1.92. The van der Waals surface area contributed by atoms with Crippen LogP contribution >= 0.6 is 11.6 Å². The first kappa shape index (κ1) is 13.0. The van der Waals surface area contributed by atoms with E-state index < -0.39 is 0 Å². The predicted octanol–water partition coefficient (Wildman–Crippen LogP) is 4.51. The Bertz CT molecular complexity index is 486. The Morgan fingerprint density at radius 3 is 2.94 bits per heavy atom. The maximum atomic E-state index is 9.01. The number of nitrogens with one attached hydrogen (secondary N) is 1. The highest BCUT2D eigenvalue weighted by atomic mass is 35.5. The van der Waals surface area contributed by atoms with Crippen molar-refractivity contribution < 1.29 is 0 Å². The van der Waals surface area contributed by atoms with Gasteiger partial charge in [-0.1, -0.05) is 23.3 Å². The molecule has 0 radical (unpaired) electrons. The highest BCUT2D eigenvalue weighted by Crippen LogP contribution is 2.22. The molecule has 0 bridgehead atoms. The number of nitriles is 1. The molecule has 1 N–H and O–H groups in total. The van der Waals surface area contributed by atoms with Crippen molar-refractivity contribution in [2.24, 2.45) is 0 Å². The molecule has 18 heavy (non-hydrogen) atoms. The SMILES string of the molecule is N#Cc1ccc(Cl)cc1NCCC1=CCCCC1. The molecule has 1 aliphatic carbocycles. The molecule has 0 spiro atoms. The number of anilines is 1. The van der Waals surface area contributed by atoms with Crippen molar-refractivity contribution in [2.45, 2.75) is 32.1 Å². The van der Waals surface area contributed by atoms with Crippen LogP contribution in [-0.4, -0.2) is 6.54 Å². The largest absolute Gasteiger partial charge is 0.384 e. The molecule has 0 saturated carbocycles. The van der Waals surface area contributed by atoms with Crippen LogP contribution in [0, 0.1) is 11.3 Å². The Labute approximate surface area is 113 Å². The topological polar surface area (TPSA) is 35.8 Å². The summed E-state index contributed by atoms with van der Waals surface area (Å²) < 4.78 is 0. The van der Waals surface area contributed by atoms with Crippen LogP contribution in [0.1, 0.15) is 37.7 Å². The van der Waals surface area contributed by atoms with E-state index in [1.165, 1.54) is 31.3 Å². The van der Waals surface area contributed by atoms with E-state index in [9.17, 15) is 0 Å². The summed E-state index contributed by atoms with van der Waals surface area (Å²) in [5.41, 5.74) is 3.02. The lowest BCUT2D eigenvalue weighted by Gasteiger charge is -2.14. The molecule has 0 atom stereocenters. The summed E-state index contributed by atoms with van der Waals surface area (Å²) in [6.07, 6.45) is 8.49. The molecule has 0 amide bonds. The van der Waals surface area contributed by atoms with Gasteiger partial charge in [0.05, 0.1) is 11.3 Å². The van der Waals surface area contributed by atoms with Crippen LogP contribution in [0.15, 0.2) is 29.8 Å². The minimum atomic E-state index is 0.650.